The molecule has 8 heteroatoms. The van der Waals surface area contributed by atoms with Gasteiger partial charge in [-0.1, -0.05) is 24.3 Å². The van der Waals surface area contributed by atoms with Crippen LogP contribution in [0.2, 0.25) is 0 Å². The third kappa shape index (κ3) is 3.28. The van der Waals surface area contributed by atoms with Crippen LogP contribution < -0.4 is 9.64 Å². The number of nitrogens with zero attached hydrogens (tertiary/aromatic N) is 3. The van der Waals surface area contributed by atoms with Crippen LogP contribution in [0.5, 0.6) is 5.75 Å². The number of amides is 2. The molecule has 5 rings (SSSR count). The smallest absolute Gasteiger partial charge is 0.296 e. The number of benzene rings is 2. The number of hydrogen-bond acceptors (Lipinski definition) is 6. The number of carbonyl (C=O) groups excluding carboxylic acids is 3. The maximum absolute atomic E-state index is 14.3. The second kappa shape index (κ2) is 8.64. The summed E-state index contributed by atoms with van der Waals surface area (Å²) in [5.41, 5.74) is 0.368. The molecule has 3 aliphatic heterocycles. The van der Waals surface area contributed by atoms with Gasteiger partial charge in [0.1, 0.15) is 17.6 Å². The summed E-state index contributed by atoms with van der Waals surface area (Å²) in [5.74, 6) is -1.78. The Labute approximate surface area is 210 Å². The summed E-state index contributed by atoms with van der Waals surface area (Å²) in [6.07, 6.45) is 2.26. The minimum absolute atomic E-state index is 0.00310. The Kier molecular flexibility index (Phi) is 5.71. The summed E-state index contributed by atoms with van der Waals surface area (Å²) in [5, 5.41) is 11.6. The van der Waals surface area contributed by atoms with Crippen molar-refractivity contribution in [2.24, 2.45) is 0 Å². The molecule has 3 aliphatic rings. The van der Waals surface area contributed by atoms with Crippen molar-refractivity contribution in [3.05, 3.63) is 77.4 Å². The molecule has 2 atom stereocenters. The second-order valence-corrected chi connectivity index (χ2v) is 9.70. The molecule has 0 aliphatic carbocycles. The monoisotopic (exact) mass is 487 g/mol. The predicted octanol–water partition coefficient (Wildman–Crippen LogP) is 2.68. The number of aliphatic hydroxyl groups excluding tert-OH is 1. The number of hydrogen-bond donors (Lipinski definition) is 1. The molecular weight excluding hydrogens is 458 g/mol. The lowest BCUT2D eigenvalue weighted by molar-refractivity contribution is -0.143. The summed E-state index contributed by atoms with van der Waals surface area (Å²) < 4.78 is 5.77. The van der Waals surface area contributed by atoms with Crippen LogP contribution in [0.1, 0.15) is 23.6 Å². The molecule has 36 heavy (non-hydrogen) atoms. The van der Waals surface area contributed by atoms with Crippen LogP contribution in [-0.2, 0) is 26.3 Å². The van der Waals surface area contributed by atoms with Gasteiger partial charge in [-0.3, -0.25) is 14.4 Å². The van der Waals surface area contributed by atoms with Crippen molar-refractivity contribution in [2.75, 3.05) is 38.6 Å². The SMILES string of the molecule is C=CCN1C(=O)C2(/C(=C(/O)c3ccc4c(c3)CC(C)O4)C(=O)C(=O)N2CCN(C)C)c2ccccc21. The number of Topliss-reactive ketones (excluding diaryl/α,β-unsaturated/α-hetero) is 1. The Balaban J connectivity index is 1.77. The molecule has 2 amide bonds. The standard InChI is InChI=1S/C28H29N3O5/c1-5-12-30-21-9-7-6-8-20(21)28(27(30)35)23(25(33)26(34)31(28)14-13-29(3)4)24(32)18-10-11-22-19(16-18)15-17(2)36-22/h5-11,16-17,32H,1,12-15H2,2-4H3/b24-23+. The van der Waals surface area contributed by atoms with E-state index in [9.17, 15) is 19.5 Å². The van der Waals surface area contributed by atoms with Gasteiger partial charge in [0.05, 0.1) is 11.3 Å². The van der Waals surface area contributed by atoms with Crippen LogP contribution in [0.15, 0.2) is 60.7 Å². The number of aliphatic hydroxyl groups is 1. The van der Waals surface area contributed by atoms with Crippen LogP contribution in [0.25, 0.3) is 5.76 Å². The number of likely N-dealkylation sites (tertiary alicyclic amines) is 1. The van der Waals surface area contributed by atoms with E-state index in [2.05, 4.69) is 6.58 Å². The Morgan fingerprint density at radius 2 is 1.97 bits per heavy atom. The van der Waals surface area contributed by atoms with Gasteiger partial charge in [-0.2, -0.15) is 0 Å². The summed E-state index contributed by atoms with van der Waals surface area (Å²) in [7, 11) is 3.70. The normalized spacial score (nSPS) is 24.0. The van der Waals surface area contributed by atoms with Crippen molar-refractivity contribution < 1.29 is 24.2 Å². The average molecular weight is 488 g/mol. The first-order chi connectivity index (χ1) is 17.2. The van der Waals surface area contributed by atoms with Gasteiger partial charge in [0.15, 0.2) is 5.54 Å². The third-order valence-corrected chi connectivity index (χ3v) is 7.06. The molecule has 3 heterocycles. The molecule has 2 aromatic carbocycles. The lowest BCUT2D eigenvalue weighted by Crippen LogP contribution is -2.53. The predicted molar refractivity (Wildman–Crippen MR) is 136 cm³/mol. The highest BCUT2D eigenvalue weighted by atomic mass is 16.5. The lowest BCUT2D eigenvalue weighted by atomic mass is 9.81. The Bertz CT molecular complexity index is 1330. The lowest BCUT2D eigenvalue weighted by Gasteiger charge is -2.35. The van der Waals surface area contributed by atoms with Crippen LogP contribution in [0.4, 0.5) is 5.69 Å². The molecule has 186 valence electrons. The molecule has 0 aromatic heterocycles. The summed E-state index contributed by atoms with van der Waals surface area (Å²) in [6, 6.07) is 12.3. The van der Waals surface area contributed by atoms with E-state index in [1.54, 1.807) is 48.5 Å². The van der Waals surface area contributed by atoms with Crippen molar-refractivity contribution >= 4 is 29.0 Å². The maximum atomic E-state index is 14.3. The van der Waals surface area contributed by atoms with Gasteiger partial charge in [-0.05, 0) is 50.8 Å². The quantitative estimate of drug-likeness (QED) is 0.292. The van der Waals surface area contributed by atoms with E-state index in [0.29, 0.717) is 29.8 Å². The van der Waals surface area contributed by atoms with E-state index >= 15 is 0 Å². The first-order valence-electron chi connectivity index (χ1n) is 12.0. The topological polar surface area (TPSA) is 90.4 Å². The highest BCUT2D eigenvalue weighted by Crippen LogP contribution is 2.53. The first kappa shape index (κ1) is 23.8. The van der Waals surface area contributed by atoms with E-state index in [4.69, 9.17) is 4.74 Å². The number of ether oxygens (including phenoxy) is 1. The number of likely N-dealkylation sites (N-methyl/N-ethyl adjacent to an activating group) is 1. The summed E-state index contributed by atoms with van der Waals surface area (Å²) >= 11 is 0. The molecule has 1 N–H and O–H groups in total. The molecule has 2 aromatic rings. The molecule has 1 spiro atoms. The van der Waals surface area contributed by atoms with Crippen LogP contribution in [-0.4, -0.2) is 72.3 Å². The van der Waals surface area contributed by atoms with Crippen LogP contribution >= 0.6 is 0 Å². The second-order valence-electron chi connectivity index (χ2n) is 9.70. The van der Waals surface area contributed by atoms with Crippen molar-refractivity contribution in [2.45, 2.75) is 25.0 Å². The Hall–Kier alpha value is -3.91. The number of fused-ring (bicyclic) bond motifs is 3. The van der Waals surface area contributed by atoms with Gasteiger partial charge >= 0.3 is 0 Å². The van der Waals surface area contributed by atoms with Crippen molar-refractivity contribution in [1.82, 2.24) is 9.80 Å². The largest absolute Gasteiger partial charge is 0.507 e. The van der Waals surface area contributed by atoms with Crippen molar-refractivity contribution in [3.63, 3.8) is 0 Å². The molecule has 0 bridgehead atoms. The fourth-order valence-corrected chi connectivity index (χ4v) is 5.49. The fourth-order valence-electron chi connectivity index (χ4n) is 5.49. The number of para-hydroxylation sites is 1. The molecule has 0 radical (unpaired) electrons. The van der Waals surface area contributed by atoms with Crippen molar-refractivity contribution in [3.8, 4) is 5.75 Å². The van der Waals surface area contributed by atoms with Crippen LogP contribution in [0, 0.1) is 0 Å². The van der Waals surface area contributed by atoms with Gasteiger partial charge in [-0.15, -0.1) is 6.58 Å². The molecular formula is C28H29N3O5. The summed E-state index contributed by atoms with van der Waals surface area (Å²) in [4.78, 5) is 46.0. The van der Waals surface area contributed by atoms with E-state index in [0.717, 1.165) is 11.3 Å². The fraction of sp³-hybridized carbons (Fsp3) is 0.321. The van der Waals surface area contributed by atoms with E-state index in [-0.39, 0.29) is 30.5 Å². The van der Waals surface area contributed by atoms with E-state index in [1.807, 2.05) is 25.9 Å². The zero-order chi connectivity index (χ0) is 25.8. The number of ketones is 1. The molecule has 0 saturated carbocycles. The average Bonchev–Trinajstić information content (AvgIpc) is 3.42. The Morgan fingerprint density at radius 3 is 2.69 bits per heavy atom. The molecule has 1 fully saturated rings. The van der Waals surface area contributed by atoms with Gasteiger partial charge in [-0.25, -0.2) is 0 Å². The minimum Gasteiger partial charge on any atom is -0.507 e. The molecule has 2 unspecified atom stereocenters. The van der Waals surface area contributed by atoms with E-state index in [1.165, 1.54) is 9.80 Å². The molecule has 1 saturated heterocycles. The summed E-state index contributed by atoms with van der Waals surface area (Å²) in [6.45, 7) is 6.49. The van der Waals surface area contributed by atoms with Gasteiger partial charge < -0.3 is 24.5 Å². The Morgan fingerprint density at radius 1 is 1.22 bits per heavy atom. The van der Waals surface area contributed by atoms with Crippen LogP contribution in [0.3, 0.4) is 0 Å². The number of carbonyl (C=O) groups is 3. The zero-order valence-corrected chi connectivity index (χ0v) is 20.7. The highest BCUT2D eigenvalue weighted by molar-refractivity contribution is 6.50. The minimum atomic E-state index is -1.77. The van der Waals surface area contributed by atoms with Gasteiger partial charge in [0.25, 0.3) is 17.6 Å². The van der Waals surface area contributed by atoms with Gasteiger partial charge in [0.2, 0.25) is 0 Å². The zero-order valence-electron chi connectivity index (χ0n) is 20.7. The highest BCUT2D eigenvalue weighted by Gasteiger charge is 2.66. The number of anilines is 1. The molecule has 8 nitrogen and oxygen atoms in total. The van der Waals surface area contributed by atoms with Gasteiger partial charge in [0, 0.05) is 37.2 Å². The van der Waals surface area contributed by atoms with E-state index < -0.39 is 23.1 Å². The number of rotatable bonds is 6. The third-order valence-electron chi connectivity index (χ3n) is 7.06. The van der Waals surface area contributed by atoms with Crippen molar-refractivity contribution in [1.29, 1.82) is 0 Å². The maximum Gasteiger partial charge on any atom is 0.296 e. The first-order valence-corrected chi connectivity index (χ1v) is 12.0.